The fraction of sp³-hybridized carbons (Fsp3) is 0.864. The number of aliphatic imine (C=N–C) groups is 1. The highest BCUT2D eigenvalue weighted by Crippen LogP contribution is 2.28. The molecule has 1 aliphatic carbocycles. The minimum Gasteiger partial charge on any atom is -0.450 e. The van der Waals surface area contributed by atoms with Gasteiger partial charge in [-0.15, -0.1) is 0 Å². The zero-order valence-corrected chi connectivity index (χ0v) is 19.1. The van der Waals surface area contributed by atoms with Crippen molar-refractivity contribution in [2.75, 3.05) is 46.9 Å². The summed E-state index contributed by atoms with van der Waals surface area (Å²) in [7, 11) is 3.49. The maximum Gasteiger partial charge on any atom is 0.409 e. The van der Waals surface area contributed by atoms with Crippen LogP contribution in [0.15, 0.2) is 4.99 Å². The number of nitrogens with one attached hydrogen (secondary N) is 2. The summed E-state index contributed by atoms with van der Waals surface area (Å²) in [5.74, 6) is 1.61. The Hall–Kier alpha value is -1.99. The Labute approximate surface area is 181 Å². The number of ether oxygens (including phenoxy) is 1. The SMILES string of the molecule is CCOC(=O)N1CCC(NC(=NCC(=O)N(C)C)NCCCCC2CCCC2)CC1. The van der Waals surface area contributed by atoms with E-state index in [2.05, 4.69) is 15.6 Å². The molecule has 172 valence electrons. The average molecular weight is 424 g/mol. The zero-order chi connectivity index (χ0) is 21.8. The lowest BCUT2D eigenvalue weighted by Crippen LogP contribution is -2.50. The van der Waals surface area contributed by atoms with Crippen LogP contribution in [0.25, 0.3) is 0 Å². The number of nitrogens with zero attached hydrogens (tertiary/aromatic N) is 3. The van der Waals surface area contributed by atoms with Gasteiger partial charge in [-0.2, -0.15) is 0 Å². The lowest BCUT2D eigenvalue weighted by molar-refractivity contribution is -0.127. The molecule has 2 amide bonds. The Kier molecular flexibility index (Phi) is 10.8. The Morgan fingerprint density at radius 1 is 1.10 bits per heavy atom. The quantitative estimate of drug-likeness (QED) is 0.338. The van der Waals surface area contributed by atoms with Gasteiger partial charge in [0.05, 0.1) is 6.61 Å². The second kappa shape index (κ2) is 13.3. The van der Waals surface area contributed by atoms with Gasteiger partial charge in [-0.3, -0.25) is 4.79 Å². The first-order valence-electron chi connectivity index (χ1n) is 11.7. The van der Waals surface area contributed by atoms with E-state index in [1.807, 2.05) is 6.92 Å². The summed E-state index contributed by atoms with van der Waals surface area (Å²) in [6.07, 6.45) is 10.7. The minimum atomic E-state index is -0.234. The predicted molar refractivity (Wildman–Crippen MR) is 120 cm³/mol. The molecule has 1 saturated heterocycles. The predicted octanol–water partition coefficient (Wildman–Crippen LogP) is 2.59. The number of rotatable bonds is 9. The number of hydrogen-bond donors (Lipinski definition) is 2. The molecule has 0 bridgehead atoms. The summed E-state index contributed by atoms with van der Waals surface area (Å²) in [5.41, 5.74) is 0. The molecule has 2 aliphatic rings. The molecule has 2 N–H and O–H groups in total. The van der Waals surface area contributed by atoms with Gasteiger partial charge in [-0.05, 0) is 32.1 Å². The molecule has 2 rings (SSSR count). The van der Waals surface area contributed by atoms with Crippen LogP contribution in [-0.2, 0) is 9.53 Å². The highest BCUT2D eigenvalue weighted by Gasteiger charge is 2.24. The molecule has 8 heteroatoms. The molecule has 2 fully saturated rings. The number of likely N-dealkylation sites (tertiary alicyclic amines) is 1. The second-order valence-electron chi connectivity index (χ2n) is 8.63. The maximum absolute atomic E-state index is 11.9. The Balaban J connectivity index is 1.77. The molecule has 0 spiro atoms. The summed E-state index contributed by atoms with van der Waals surface area (Å²) in [6.45, 7) is 4.55. The van der Waals surface area contributed by atoms with Crippen LogP contribution in [0.3, 0.4) is 0 Å². The molecule has 0 aromatic heterocycles. The molecule has 1 saturated carbocycles. The van der Waals surface area contributed by atoms with Crippen molar-refractivity contribution < 1.29 is 14.3 Å². The number of unbranched alkanes of at least 4 members (excludes halogenated alkanes) is 1. The van der Waals surface area contributed by atoms with E-state index in [1.54, 1.807) is 23.9 Å². The molecule has 30 heavy (non-hydrogen) atoms. The van der Waals surface area contributed by atoms with Gasteiger partial charge in [0.2, 0.25) is 5.91 Å². The lowest BCUT2D eigenvalue weighted by atomic mass is 10.0. The first-order valence-corrected chi connectivity index (χ1v) is 11.7. The third-order valence-electron chi connectivity index (χ3n) is 6.04. The standard InChI is InChI=1S/C22H41N5O3/c1-4-30-22(29)27-15-12-19(13-16-27)25-21(24-17-20(28)26(2)3)23-14-8-7-11-18-9-5-6-10-18/h18-19H,4-17H2,1-3H3,(H2,23,24,25). The van der Waals surface area contributed by atoms with Crippen molar-refractivity contribution in [3.8, 4) is 0 Å². The zero-order valence-electron chi connectivity index (χ0n) is 19.1. The normalized spacial score (nSPS) is 18.4. The molecule has 0 aromatic rings. The lowest BCUT2D eigenvalue weighted by Gasteiger charge is -2.32. The van der Waals surface area contributed by atoms with Crippen molar-refractivity contribution in [3.05, 3.63) is 0 Å². The minimum absolute atomic E-state index is 0.0190. The fourth-order valence-corrected chi connectivity index (χ4v) is 4.12. The Morgan fingerprint density at radius 3 is 2.43 bits per heavy atom. The molecule has 1 aliphatic heterocycles. The van der Waals surface area contributed by atoms with Crippen LogP contribution >= 0.6 is 0 Å². The van der Waals surface area contributed by atoms with Crippen LogP contribution in [0.4, 0.5) is 4.79 Å². The monoisotopic (exact) mass is 423 g/mol. The number of likely N-dealkylation sites (N-methyl/N-ethyl adjacent to an activating group) is 1. The van der Waals surface area contributed by atoms with E-state index in [1.165, 1.54) is 38.5 Å². The number of carbonyl (C=O) groups is 2. The number of guanidine groups is 1. The largest absolute Gasteiger partial charge is 0.450 e. The molecular formula is C22H41N5O3. The number of piperidine rings is 1. The van der Waals surface area contributed by atoms with Crippen LogP contribution in [0.2, 0.25) is 0 Å². The third kappa shape index (κ3) is 8.79. The molecule has 0 aromatic carbocycles. The Bertz CT molecular complexity index is 553. The van der Waals surface area contributed by atoms with Gasteiger partial charge in [0.15, 0.2) is 5.96 Å². The average Bonchev–Trinajstić information content (AvgIpc) is 3.25. The molecular weight excluding hydrogens is 382 g/mol. The van der Waals surface area contributed by atoms with Crippen molar-refractivity contribution in [1.82, 2.24) is 20.4 Å². The molecule has 8 nitrogen and oxygen atoms in total. The first-order chi connectivity index (χ1) is 14.5. The van der Waals surface area contributed by atoms with Crippen LogP contribution in [0.1, 0.15) is 64.7 Å². The molecule has 0 radical (unpaired) electrons. The fourth-order valence-electron chi connectivity index (χ4n) is 4.12. The third-order valence-corrected chi connectivity index (χ3v) is 6.04. The smallest absolute Gasteiger partial charge is 0.409 e. The van der Waals surface area contributed by atoms with Crippen molar-refractivity contribution in [2.45, 2.75) is 70.8 Å². The number of hydrogen-bond acceptors (Lipinski definition) is 4. The highest BCUT2D eigenvalue weighted by molar-refractivity contribution is 5.85. The summed E-state index contributed by atoms with van der Waals surface area (Å²) >= 11 is 0. The topological polar surface area (TPSA) is 86.3 Å². The second-order valence-corrected chi connectivity index (χ2v) is 8.63. The maximum atomic E-state index is 11.9. The number of amides is 2. The van der Waals surface area contributed by atoms with E-state index >= 15 is 0 Å². The van der Waals surface area contributed by atoms with Crippen LogP contribution in [-0.4, -0.2) is 80.7 Å². The van der Waals surface area contributed by atoms with Crippen molar-refractivity contribution >= 4 is 18.0 Å². The van der Waals surface area contributed by atoms with Crippen molar-refractivity contribution in [2.24, 2.45) is 10.9 Å². The highest BCUT2D eigenvalue weighted by atomic mass is 16.6. The van der Waals surface area contributed by atoms with E-state index in [0.29, 0.717) is 25.7 Å². The van der Waals surface area contributed by atoms with Crippen molar-refractivity contribution in [3.63, 3.8) is 0 Å². The van der Waals surface area contributed by atoms with Gasteiger partial charge in [-0.25, -0.2) is 9.79 Å². The molecule has 0 unspecified atom stereocenters. The van der Waals surface area contributed by atoms with Crippen LogP contribution in [0.5, 0.6) is 0 Å². The van der Waals surface area contributed by atoms with Crippen LogP contribution < -0.4 is 10.6 Å². The van der Waals surface area contributed by atoms with E-state index in [0.717, 1.165) is 31.7 Å². The summed E-state index contributed by atoms with van der Waals surface area (Å²) in [5, 5.41) is 6.87. The van der Waals surface area contributed by atoms with Gasteiger partial charge in [0.25, 0.3) is 0 Å². The van der Waals surface area contributed by atoms with E-state index in [-0.39, 0.29) is 24.6 Å². The van der Waals surface area contributed by atoms with Gasteiger partial charge >= 0.3 is 6.09 Å². The van der Waals surface area contributed by atoms with Crippen LogP contribution in [0, 0.1) is 5.92 Å². The van der Waals surface area contributed by atoms with E-state index in [4.69, 9.17) is 4.74 Å². The van der Waals surface area contributed by atoms with Crippen molar-refractivity contribution in [1.29, 1.82) is 0 Å². The summed E-state index contributed by atoms with van der Waals surface area (Å²) in [6, 6.07) is 0.231. The summed E-state index contributed by atoms with van der Waals surface area (Å²) in [4.78, 5) is 31.6. The Morgan fingerprint density at radius 2 is 1.80 bits per heavy atom. The molecule has 0 atom stereocenters. The number of carbonyl (C=O) groups excluding carboxylic acids is 2. The van der Waals surface area contributed by atoms with Gasteiger partial charge in [-0.1, -0.05) is 38.5 Å². The van der Waals surface area contributed by atoms with Gasteiger partial charge < -0.3 is 25.2 Å². The summed E-state index contributed by atoms with van der Waals surface area (Å²) < 4.78 is 5.09. The van der Waals surface area contributed by atoms with Gasteiger partial charge in [0.1, 0.15) is 6.54 Å². The van der Waals surface area contributed by atoms with E-state index in [9.17, 15) is 9.59 Å². The molecule has 1 heterocycles. The van der Waals surface area contributed by atoms with E-state index < -0.39 is 0 Å². The first kappa shape index (κ1) is 24.3. The van der Waals surface area contributed by atoms with Gasteiger partial charge in [0, 0.05) is 39.8 Å².